The number of hydrogen-bond donors (Lipinski definition) is 3. The molecule has 0 fully saturated rings. The highest BCUT2D eigenvalue weighted by molar-refractivity contribution is 7.92. The largest absolute Gasteiger partial charge is 0.418 e. The maximum Gasteiger partial charge on any atom is 0.418 e. The van der Waals surface area contributed by atoms with Crippen LogP contribution in [0.5, 0.6) is 0 Å². The summed E-state index contributed by atoms with van der Waals surface area (Å²) in [5.41, 5.74) is -1.16. The Bertz CT molecular complexity index is 1450. The first kappa shape index (κ1) is 22.7. The maximum atomic E-state index is 13.4. The fourth-order valence-electron chi connectivity index (χ4n) is 3.33. The number of fused-ring (bicyclic) bond motifs is 1. The van der Waals surface area contributed by atoms with E-state index in [2.05, 4.69) is 15.6 Å². The second kappa shape index (κ2) is 8.45. The number of hydrogen-bond acceptors (Lipinski definition) is 3. The zero-order chi connectivity index (χ0) is 23.8. The third kappa shape index (κ3) is 4.53. The molecule has 0 unspecified atom stereocenters. The lowest BCUT2D eigenvalue weighted by Gasteiger charge is -2.14. The van der Waals surface area contributed by atoms with Gasteiger partial charge in [-0.3, -0.25) is 5.32 Å². The van der Waals surface area contributed by atoms with Gasteiger partial charge in [0.2, 0.25) is 9.84 Å². The molecule has 0 radical (unpaired) electrons. The Kier molecular flexibility index (Phi) is 5.81. The Labute approximate surface area is 191 Å². The lowest BCUT2D eigenvalue weighted by atomic mass is 10.1. The molecule has 3 N–H and O–H groups in total. The number of nitrogens with one attached hydrogen (secondary N) is 3. The summed E-state index contributed by atoms with van der Waals surface area (Å²) in [7, 11) is -4.13. The van der Waals surface area contributed by atoms with Gasteiger partial charge in [-0.2, -0.15) is 13.2 Å². The molecule has 0 aliphatic carbocycles. The molecule has 0 aliphatic heterocycles. The van der Waals surface area contributed by atoms with Crippen LogP contribution in [0.25, 0.3) is 10.9 Å². The van der Waals surface area contributed by atoms with Gasteiger partial charge in [-0.25, -0.2) is 13.2 Å². The zero-order valence-corrected chi connectivity index (χ0v) is 18.1. The minimum absolute atomic E-state index is 0.0308. The summed E-state index contributed by atoms with van der Waals surface area (Å²) in [6, 6.07) is 15.4. The van der Waals surface area contributed by atoms with Crippen molar-refractivity contribution in [1.82, 2.24) is 4.98 Å². The number of H-pyrrole nitrogens is 1. The minimum atomic E-state index is -4.69. The van der Waals surface area contributed by atoms with Gasteiger partial charge < -0.3 is 10.3 Å². The summed E-state index contributed by atoms with van der Waals surface area (Å²) in [4.78, 5) is 15.1. The van der Waals surface area contributed by atoms with Crippen molar-refractivity contribution in [2.45, 2.75) is 16.0 Å². The molecular weight excluding hydrogens is 479 g/mol. The molecule has 0 aliphatic rings. The predicted octanol–water partition coefficient (Wildman–Crippen LogP) is 6.32. The van der Waals surface area contributed by atoms with Crippen molar-refractivity contribution >= 4 is 49.9 Å². The number of carbonyl (C=O) groups is 1. The number of aromatic nitrogens is 1. The molecule has 1 heterocycles. The Balaban J connectivity index is 1.77. The van der Waals surface area contributed by atoms with E-state index in [4.69, 9.17) is 11.6 Å². The molecule has 0 saturated heterocycles. The van der Waals surface area contributed by atoms with Crippen LogP contribution in [0.15, 0.2) is 82.6 Å². The number of rotatable bonds is 4. The van der Waals surface area contributed by atoms with Crippen molar-refractivity contribution < 1.29 is 26.4 Å². The summed E-state index contributed by atoms with van der Waals surface area (Å²) in [6.45, 7) is 0. The fraction of sp³-hybridized carbons (Fsp3) is 0.0455. The van der Waals surface area contributed by atoms with E-state index in [9.17, 15) is 26.4 Å². The molecule has 0 saturated carbocycles. The van der Waals surface area contributed by atoms with Gasteiger partial charge in [0.25, 0.3) is 0 Å². The summed E-state index contributed by atoms with van der Waals surface area (Å²) >= 11 is 6.05. The second-order valence-corrected chi connectivity index (χ2v) is 9.28. The van der Waals surface area contributed by atoms with Crippen molar-refractivity contribution in [3.63, 3.8) is 0 Å². The van der Waals surface area contributed by atoms with E-state index in [1.165, 1.54) is 42.5 Å². The third-order valence-corrected chi connectivity index (χ3v) is 6.84. The van der Waals surface area contributed by atoms with Crippen molar-refractivity contribution in [2.24, 2.45) is 0 Å². The van der Waals surface area contributed by atoms with Crippen molar-refractivity contribution in [3.05, 3.63) is 83.4 Å². The third-order valence-electron chi connectivity index (χ3n) is 4.75. The number of carbonyl (C=O) groups excluding carboxylic acids is 1. The van der Waals surface area contributed by atoms with Gasteiger partial charge in [-0.05, 0) is 42.5 Å². The standard InChI is InChI=1S/C22H15ClF3N3O3S/c23-13-10-11-17-15(12-13)19(33(31,32)14-6-2-1-3-7-14)20(27-17)29-21(30)28-18-9-5-4-8-16(18)22(24,25)26/h1-12,27H,(H2,28,29,30). The molecule has 4 aromatic rings. The van der Waals surface area contributed by atoms with Crippen molar-refractivity contribution in [3.8, 4) is 0 Å². The van der Waals surface area contributed by atoms with Crippen molar-refractivity contribution in [2.75, 3.05) is 10.6 Å². The average molecular weight is 494 g/mol. The molecule has 2 amide bonds. The molecule has 0 spiro atoms. The Morgan fingerprint density at radius 3 is 2.27 bits per heavy atom. The Morgan fingerprint density at radius 1 is 0.909 bits per heavy atom. The van der Waals surface area contributed by atoms with Gasteiger partial charge in [-0.15, -0.1) is 0 Å². The highest BCUT2D eigenvalue weighted by Crippen LogP contribution is 2.37. The van der Waals surface area contributed by atoms with Crippen LogP contribution in [-0.2, 0) is 16.0 Å². The molecule has 4 rings (SSSR count). The number of sulfone groups is 1. The van der Waals surface area contributed by atoms with E-state index < -0.39 is 33.3 Å². The molecule has 0 atom stereocenters. The predicted molar refractivity (Wildman–Crippen MR) is 119 cm³/mol. The van der Waals surface area contributed by atoms with Gasteiger partial charge in [0.1, 0.15) is 10.7 Å². The zero-order valence-electron chi connectivity index (χ0n) is 16.6. The second-order valence-electron chi connectivity index (χ2n) is 6.96. The van der Waals surface area contributed by atoms with Crippen LogP contribution in [-0.4, -0.2) is 19.4 Å². The summed E-state index contributed by atoms with van der Waals surface area (Å²) in [5, 5.41) is 4.94. The number of para-hydroxylation sites is 1. The molecule has 0 bridgehead atoms. The summed E-state index contributed by atoms with van der Waals surface area (Å²) in [6.07, 6.45) is -4.69. The average Bonchev–Trinajstić information content (AvgIpc) is 3.11. The highest BCUT2D eigenvalue weighted by Gasteiger charge is 2.34. The minimum Gasteiger partial charge on any atom is -0.340 e. The lowest BCUT2D eigenvalue weighted by molar-refractivity contribution is -0.136. The quantitative estimate of drug-likeness (QED) is 0.311. The first-order valence-electron chi connectivity index (χ1n) is 9.43. The van der Waals surface area contributed by atoms with Crippen molar-refractivity contribution in [1.29, 1.82) is 0 Å². The Hall–Kier alpha value is -3.50. The van der Waals surface area contributed by atoms with Crippen LogP contribution >= 0.6 is 11.6 Å². The lowest BCUT2D eigenvalue weighted by Crippen LogP contribution is -2.23. The van der Waals surface area contributed by atoms with E-state index in [-0.39, 0.29) is 26.0 Å². The van der Waals surface area contributed by atoms with Crippen LogP contribution in [0.4, 0.5) is 29.5 Å². The number of benzene rings is 3. The van der Waals surface area contributed by atoms with Crippen LogP contribution in [0, 0.1) is 0 Å². The first-order valence-corrected chi connectivity index (χ1v) is 11.3. The molecule has 170 valence electrons. The fourth-order valence-corrected chi connectivity index (χ4v) is 5.08. The first-order chi connectivity index (χ1) is 15.6. The Morgan fingerprint density at radius 2 is 1.58 bits per heavy atom. The van der Waals surface area contributed by atoms with Gasteiger partial charge >= 0.3 is 12.2 Å². The summed E-state index contributed by atoms with van der Waals surface area (Å²) in [5.74, 6) is -0.210. The molecule has 6 nitrogen and oxygen atoms in total. The molecule has 33 heavy (non-hydrogen) atoms. The topological polar surface area (TPSA) is 91.1 Å². The van der Waals surface area contributed by atoms with Gasteiger partial charge in [-0.1, -0.05) is 41.9 Å². The molecular formula is C22H15ClF3N3O3S. The van der Waals surface area contributed by atoms with Gasteiger partial charge in [0.15, 0.2) is 0 Å². The van der Waals surface area contributed by atoms with E-state index in [1.54, 1.807) is 18.2 Å². The van der Waals surface area contributed by atoms with Gasteiger partial charge in [0.05, 0.1) is 16.1 Å². The van der Waals surface area contributed by atoms with E-state index in [0.29, 0.717) is 5.52 Å². The van der Waals surface area contributed by atoms with E-state index in [0.717, 1.165) is 12.1 Å². The number of anilines is 2. The maximum absolute atomic E-state index is 13.4. The van der Waals surface area contributed by atoms with Crippen LogP contribution in [0.3, 0.4) is 0 Å². The van der Waals surface area contributed by atoms with E-state index in [1.807, 2.05) is 0 Å². The molecule has 11 heteroatoms. The molecule has 1 aromatic heterocycles. The van der Waals surface area contributed by atoms with Gasteiger partial charge in [0, 0.05) is 15.9 Å². The monoisotopic (exact) mass is 493 g/mol. The highest BCUT2D eigenvalue weighted by atomic mass is 35.5. The molecule has 3 aromatic carbocycles. The number of amides is 2. The van der Waals surface area contributed by atoms with Crippen LogP contribution in [0.1, 0.15) is 5.56 Å². The SMILES string of the molecule is O=C(Nc1ccccc1C(F)(F)F)Nc1[nH]c2ccc(Cl)cc2c1S(=O)(=O)c1ccccc1. The number of halogens is 4. The van der Waals surface area contributed by atoms with Crippen LogP contribution < -0.4 is 10.6 Å². The number of aromatic amines is 1. The van der Waals surface area contributed by atoms with E-state index >= 15 is 0 Å². The normalized spacial score (nSPS) is 12.0. The summed E-state index contributed by atoms with van der Waals surface area (Å²) < 4.78 is 66.5. The smallest absolute Gasteiger partial charge is 0.340 e. The number of urea groups is 1. The number of alkyl halides is 3. The van der Waals surface area contributed by atoms with Crippen LogP contribution in [0.2, 0.25) is 5.02 Å².